The first-order chi connectivity index (χ1) is 9.25. The van der Waals surface area contributed by atoms with Crippen LogP contribution in [0.1, 0.15) is 15.9 Å². The Hall–Kier alpha value is -2.62. The van der Waals surface area contributed by atoms with Gasteiger partial charge in [-0.1, -0.05) is 48.5 Å². The van der Waals surface area contributed by atoms with Crippen molar-refractivity contribution in [1.82, 2.24) is 0 Å². The molecule has 2 aromatic carbocycles. The summed E-state index contributed by atoms with van der Waals surface area (Å²) in [5.74, 6) is -0.723. The number of ether oxygens (including phenoxy) is 2. The van der Waals surface area contributed by atoms with Crippen LogP contribution in [0.4, 0.5) is 4.79 Å². The standard InChI is InChI=1S/C15H12O4/c16-14(13-9-5-2-6-10-13)19-15(17)18-11-12-7-3-1-4-8-12/h1-10H,11H2. The van der Waals surface area contributed by atoms with E-state index in [0.717, 1.165) is 5.56 Å². The molecule has 0 atom stereocenters. The lowest BCUT2D eigenvalue weighted by atomic mass is 10.2. The lowest BCUT2D eigenvalue weighted by Gasteiger charge is -2.04. The third-order valence-electron chi connectivity index (χ3n) is 2.39. The van der Waals surface area contributed by atoms with Crippen molar-refractivity contribution in [1.29, 1.82) is 0 Å². The monoisotopic (exact) mass is 256 g/mol. The van der Waals surface area contributed by atoms with Crippen molar-refractivity contribution in [2.45, 2.75) is 6.61 Å². The Morgan fingerprint density at radius 2 is 1.42 bits per heavy atom. The third-order valence-corrected chi connectivity index (χ3v) is 2.39. The summed E-state index contributed by atoms with van der Waals surface area (Å²) in [4.78, 5) is 22.9. The molecular formula is C15H12O4. The molecule has 0 saturated carbocycles. The van der Waals surface area contributed by atoms with Crippen LogP contribution in [0.15, 0.2) is 60.7 Å². The zero-order valence-electron chi connectivity index (χ0n) is 10.1. The molecule has 0 aliphatic carbocycles. The number of hydrogen-bond acceptors (Lipinski definition) is 4. The number of benzene rings is 2. The average molecular weight is 256 g/mol. The number of carbonyl (C=O) groups excluding carboxylic acids is 2. The highest BCUT2D eigenvalue weighted by Crippen LogP contribution is 2.05. The molecule has 2 rings (SSSR count). The minimum Gasteiger partial charge on any atom is -0.429 e. The maximum Gasteiger partial charge on any atom is 0.516 e. The second-order valence-corrected chi connectivity index (χ2v) is 3.78. The van der Waals surface area contributed by atoms with Crippen LogP contribution >= 0.6 is 0 Å². The van der Waals surface area contributed by atoms with E-state index in [2.05, 4.69) is 4.74 Å². The van der Waals surface area contributed by atoms with Crippen molar-refractivity contribution < 1.29 is 19.1 Å². The Bertz CT molecular complexity index is 549. The van der Waals surface area contributed by atoms with Crippen LogP contribution in [0.5, 0.6) is 0 Å². The molecule has 0 N–H and O–H groups in total. The predicted octanol–water partition coefficient (Wildman–Crippen LogP) is 3.18. The minimum absolute atomic E-state index is 0.0712. The first-order valence-electron chi connectivity index (χ1n) is 5.73. The molecule has 0 radical (unpaired) electrons. The van der Waals surface area contributed by atoms with E-state index in [0.29, 0.717) is 5.56 Å². The van der Waals surface area contributed by atoms with Gasteiger partial charge in [-0.05, 0) is 17.7 Å². The van der Waals surface area contributed by atoms with Gasteiger partial charge in [0.1, 0.15) is 6.61 Å². The van der Waals surface area contributed by atoms with Crippen LogP contribution in [0, 0.1) is 0 Å². The van der Waals surface area contributed by atoms with Gasteiger partial charge in [0.05, 0.1) is 5.56 Å². The lowest BCUT2D eigenvalue weighted by Crippen LogP contribution is -2.13. The Morgan fingerprint density at radius 3 is 2.05 bits per heavy atom. The summed E-state index contributed by atoms with van der Waals surface area (Å²) in [6.45, 7) is 0.0712. The largest absolute Gasteiger partial charge is 0.516 e. The molecule has 4 heteroatoms. The highest BCUT2D eigenvalue weighted by molar-refractivity contribution is 5.95. The maximum absolute atomic E-state index is 11.5. The number of esters is 1. The Labute approximate surface area is 110 Å². The van der Waals surface area contributed by atoms with Crippen molar-refractivity contribution in [3.63, 3.8) is 0 Å². The molecular weight excluding hydrogens is 244 g/mol. The number of hydrogen-bond donors (Lipinski definition) is 0. The van der Waals surface area contributed by atoms with E-state index >= 15 is 0 Å². The zero-order chi connectivity index (χ0) is 13.5. The fraction of sp³-hybridized carbons (Fsp3) is 0.0667. The van der Waals surface area contributed by atoms with Gasteiger partial charge in [-0.2, -0.15) is 0 Å². The van der Waals surface area contributed by atoms with Crippen LogP contribution in [0.25, 0.3) is 0 Å². The zero-order valence-corrected chi connectivity index (χ0v) is 10.1. The highest BCUT2D eigenvalue weighted by Gasteiger charge is 2.13. The summed E-state index contributed by atoms with van der Waals surface area (Å²) in [6.07, 6.45) is -1.00. The Balaban J connectivity index is 1.83. The highest BCUT2D eigenvalue weighted by atomic mass is 16.7. The van der Waals surface area contributed by atoms with Crippen molar-refractivity contribution in [3.05, 3.63) is 71.8 Å². The molecule has 96 valence electrons. The van der Waals surface area contributed by atoms with Gasteiger partial charge in [0, 0.05) is 0 Å². The summed E-state index contributed by atoms with van der Waals surface area (Å²) < 4.78 is 9.40. The van der Waals surface area contributed by atoms with E-state index in [4.69, 9.17) is 4.74 Å². The molecule has 2 aromatic rings. The van der Waals surface area contributed by atoms with Gasteiger partial charge >= 0.3 is 12.1 Å². The quantitative estimate of drug-likeness (QED) is 0.625. The van der Waals surface area contributed by atoms with E-state index < -0.39 is 12.1 Å². The van der Waals surface area contributed by atoms with Gasteiger partial charge in [0.15, 0.2) is 0 Å². The van der Waals surface area contributed by atoms with Crippen molar-refractivity contribution >= 4 is 12.1 Å². The summed E-state index contributed by atoms with van der Waals surface area (Å²) in [5.41, 5.74) is 1.13. The van der Waals surface area contributed by atoms with Gasteiger partial charge in [-0.15, -0.1) is 0 Å². The molecule has 0 saturated heterocycles. The average Bonchev–Trinajstić information content (AvgIpc) is 2.47. The fourth-order valence-corrected chi connectivity index (χ4v) is 1.45. The smallest absolute Gasteiger partial charge is 0.429 e. The molecule has 0 amide bonds. The van der Waals surface area contributed by atoms with Crippen molar-refractivity contribution in [2.24, 2.45) is 0 Å². The van der Waals surface area contributed by atoms with Gasteiger partial charge in [-0.25, -0.2) is 9.59 Å². The maximum atomic E-state index is 11.5. The molecule has 0 spiro atoms. The van der Waals surface area contributed by atoms with E-state index in [-0.39, 0.29) is 6.61 Å². The van der Waals surface area contributed by atoms with Gasteiger partial charge in [0.25, 0.3) is 0 Å². The molecule has 19 heavy (non-hydrogen) atoms. The van der Waals surface area contributed by atoms with Crippen molar-refractivity contribution in [2.75, 3.05) is 0 Å². The number of rotatable bonds is 3. The molecule has 0 heterocycles. The molecule has 0 fully saturated rings. The topological polar surface area (TPSA) is 52.6 Å². The van der Waals surface area contributed by atoms with E-state index in [1.807, 2.05) is 30.3 Å². The van der Waals surface area contributed by atoms with Crippen LogP contribution < -0.4 is 0 Å². The molecule has 0 aromatic heterocycles. The van der Waals surface area contributed by atoms with Gasteiger partial charge < -0.3 is 9.47 Å². The SMILES string of the molecule is O=C(OCc1ccccc1)OC(=O)c1ccccc1. The van der Waals surface area contributed by atoms with Crippen LogP contribution in [0.2, 0.25) is 0 Å². The van der Waals surface area contributed by atoms with Crippen LogP contribution in [-0.4, -0.2) is 12.1 Å². The minimum atomic E-state index is -1.00. The molecule has 0 aliphatic heterocycles. The van der Waals surface area contributed by atoms with Crippen molar-refractivity contribution in [3.8, 4) is 0 Å². The van der Waals surface area contributed by atoms with E-state index in [1.54, 1.807) is 30.3 Å². The predicted molar refractivity (Wildman–Crippen MR) is 68.5 cm³/mol. The molecule has 0 bridgehead atoms. The Morgan fingerprint density at radius 1 is 0.842 bits per heavy atom. The van der Waals surface area contributed by atoms with Crippen LogP contribution in [0.3, 0.4) is 0 Å². The fourth-order valence-electron chi connectivity index (χ4n) is 1.45. The van der Waals surface area contributed by atoms with Gasteiger partial charge in [-0.3, -0.25) is 0 Å². The summed E-state index contributed by atoms with van der Waals surface area (Å²) in [5, 5.41) is 0. The molecule has 0 aliphatic rings. The molecule has 4 nitrogen and oxygen atoms in total. The van der Waals surface area contributed by atoms with Gasteiger partial charge in [0.2, 0.25) is 0 Å². The summed E-state index contributed by atoms with van der Waals surface area (Å²) >= 11 is 0. The normalized spacial score (nSPS) is 9.68. The second kappa shape index (κ2) is 6.35. The van der Waals surface area contributed by atoms with E-state index in [9.17, 15) is 9.59 Å². The first kappa shape index (κ1) is 12.8. The van der Waals surface area contributed by atoms with E-state index in [1.165, 1.54) is 0 Å². The number of carbonyl (C=O) groups is 2. The summed E-state index contributed by atoms with van der Waals surface area (Å²) in [7, 11) is 0. The second-order valence-electron chi connectivity index (χ2n) is 3.78. The molecule has 0 unspecified atom stereocenters. The first-order valence-corrected chi connectivity index (χ1v) is 5.73. The lowest BCUT2D eigenvalue weighted by molar-refractivity contribution is 0.0361. The third kappa shape index (κ3) is 3.96. The van der Waals surface area contributed by atoms with Crippen LogP contribution in [-0.2, 0) is 16.1 Å². The summed E-state index contributed by atoms with van der Waals surface area (Å²) in [6, 6.07) is 17.4. The Kier molecular flexibility index (Phi) is 4.29.